The zero-order valence-corrected chi connectivity index (χ0v) is 7.53. The molecule has 1 rings (SSSR count). The van der Waals surface area contributed by atoms with Crippen molar-refractivity contribution < 1.29 is 9.90 Å². The van der Waals surface area contributed by atoms with Crippen LogP contribution in [0.1, 0.15) is 28.8 Å². The molecule has 0 spiro atoms. The largest absolute Gasteiger partial charge is 0.476 e. The van der Waals surface area contributed by atoms with E-state index in [4.69, 9.17) is 10.8 Å². The summed E-state index contributed by atoms with van der Waals surface area (Å²) in [6.07, 6.45) is 0.522. The average Bonchev–Trinajstić information content (AvgIpc) is 2.02. The minimum Gasteiger partial charge on any atom is -0.476 e. The van der Waals surface area contributed by atoms with Gasteiger partial charge in [0.05, 0.1) is 0 Å². The second kappa shape index (κ2) is 3.38. The number of carbonyl (C=O) groups is 1. The quantitative estimate of drug-likeness (QED) is 0.698. The Hall–Kier alpha value is -1.65. The number of nitrogens with zero attached hydrogens (tertiary/aromatic N) is 2. The number of carboxylic acid groups (broad SMARTS) is 1. The van der Waals surface area contributed by atoms with E-state index in [0.717, 1.165) is 0 Å². The van der Waals surface area contributed by atoms with Crippen molar-refractivity contribution in [2.45, 2.75) is 20.3 Å². The van der Waals surface area contributed by atoms with E-state index in [1.54, 1.807) is 6.92 Å². The molecule has 0 amide bonds. The lowest BCUT2D eigenvalue weighted by Crippen LogP contribution is -2.11. The van der Waals surface area contributed by atoms with Gasteiger partial charge in [-0.05, 0) is 13.3 Å². The molecule has 0 radical (unpaired) electrons. The van der Waals surface area contributed by atoms with Crippen LogP contribution < -0.4 is 5.73 Å². The van der Waals surface area contributed by atoms with Crippen LogP contribution in [0.15, 0.2) is 0 Å². The number of nitrogen functional groups attached to an aromatic ring is 1. The van der Waals surface area contributed by atoms with E-state index in [1.165, 1.54) is 0 Å². The van der Waals surface area contributed by atoms with Crippen molar-refractivity contribution in [1.82, 2.24) is 9.97 Å². The summed E-state index contributed by atoms with van der Waals surface area (Å²) in [5.74, 6) is -0.423. The summed E-state index contributed by atoms with van der Waals surface area (Å²) in [6, 6.07) is 0. The van der Waals surface area contributed by atoms with Crippen LogP contribution in [0.4, 0.5) is 5.82 Å². The second-order valence-corrected chi connectivity index (χ2v) is 2.64. The third-order valence-electron chi connectivity index (χ3n) is 1.71. The van der Waals surface area contributed by atoms with Gasteiger partial charge in [0, 0.05) is 5.56 Å². The Morgan fingerprint density at radius 1 is 1.54 bits per heavy atom. The number of anilines is 1. The molecule has 1 heterocycles. The lowest BCUT2D eigenvalue weighted by Gasteiger charge is -2.05. The molecule has 0 unspecified atom stereocenters. The molecule has 0 atom stereocenters. The molecular weight excluding hydrogens is 170 g/mol. The van der Waals surface area contributed by atoms with E-state index < -0.39 is 5.97 Å². The van der Waals surface area contributed by atoms with Crippen LogP contribution in [-0.4, -0.2) is 21.0 Å². The summed E-state index contributed by atoms with van der Waals surface area (Å²) in [7, 11) is 0. The fraction of sp³-hybridized carbons (Fsp3) is 0.375. The normalized spacial score (nSPS) is 10.0. The van der Waals surface area contributed by atoms with Gasteiger partial charge in [-0.1, -0.05) is 6.92 Å². The number of rotatable bonds is 2. The number of nitrogens with two attached hydrogens (primary N) is 1. The predicted octanol–water partition coefficient (Wildman–Crippen LogP) is 0.628. The van der Waals surface area contributed by atoms with Gasteiger partial charge in [0.1, 0.15) is 11.6 Å². The summed E-state index contributed by atoms with van der Waals surface area (Å²) in [5.41, 5.74) is 6.06. The molecule has 0 fully saturated rings. The first kappa shape index (κ1) is 9.44. The van der Waals surface area contributed by atoms with Crippen LogP contribution in [0.2, 0.25) is 0 Å². The molecule has 0 saturated heterocycles. The van der Waals surface area contributed by atoms with E-state index in [2.05, 4.69) is 9.97 Å². The fourth-order valence-electron chi connectivity index (χ4n) is 1.14. The van der Waals surface area contributed by atoms with Gasteiger partial charge in [-0.2, -0.15) is 0 Å². The average molecular weight is 181 g/mol. The van der Waals surface area contributed by atoms with Crippen molar-refractivity contribution in [3.05, 3.63) is 17.1 Å². The zero-order valence-electron chi connectivity index (χ0n) is 7.53. The summed E-state index contributed by atoms with van der Waals surface area (Å²) < 4.78 is 0. The van der Waals surface area contributed by atoms with E-state index in [-0.39, 0.29) is 11.5 Å². The number of hydrogen-bond donors (Lipinski definition) is 2. The molecule has 13 heavy (non-hydrogen) atoms. The summed E-state index contributed by atoms with van der Waals surface area (Å²) >= 11 is 0. The van der Waals surface area contributed by atoms with Crippen molar-refractivity contribution in [2.24, 2.45) is 0 Å². The lowest BCUT2D eigenvalue weighted by atomic mass is 10.1. The monoisotopic (exact) mass is 181 g/mol. The number of hydrogen-bond acceptors (Lipinski definition) is 4. The fourth-order valence-corrected chi connectivity index (χ4v) is 1.14. The molecule has 0 saturated carbocycles. The van der Waals surface area contributed by atoms with Crippen LogP contribution >= 0.6 is 0 Å². The van der Waals surface area contributed by atoms with Crippen LogP contribution in [-0.2, 0) is 6.42 Å². The van der Waals surface area contributed by atoms with Gasteiger partial charge in [0.2, 0.25) is 0 Å². The molecule has 70 valence electrons. The molecule has 5 heteroatoms. The van der Waals surface area contributed by atoms with E-state index in [1.807, 2.05) is 6.92 Å². The Balaban J connectivity index is 3.38. The lowest BCUT2D eigenvalue weighted by molar-refractivity contribution is 0.0688. The van der Waals surface area contributed by atoms with Crippen LogP contribution in [0.3, 0.4) is 0 Å². The van der Waals surface area contributed by atoms with Crippen molar-refractivity contribution in [2.75, 3.05) is 5.73 Å². The number of carboxylic acids is 1. The summed E-state index contributed by atoms with van der Waals surface area (Å²) in [6.45, 7) is 3.43. The highest BCUT2D eigenvalue weighted by Gasteiger charge is 2.14. The Morgan fingerprint density at radius 3 is 2.62 bits per heavy atom. The van der Waals surface area contributed by atoms with Gasteiger partial charge in [-0.3, -0.25) is 0 Å². The molecule has 0 aliphatic rings. The topological polar surface area (TPSA) is 89.1 Å². The van der Waals surface area contributed by atoms with Crippen molar-refractivity contribution in [3.8, 4) is 0 Å². The van der Waals surface area contributed by atoms with Gasteiger partial charge in [-0.25, -0.2) is 14.8 Å². The third kappa shape index (κ3) is 1.74. The maximum atomic E-state index is 10.7. The van der Waals surface area contributed by atoms with Crippen molar-refractivity contribution in [1.29, 1.82) is 0 Å². The van der Waals surface area contributed by atoms with Crippen LogP contribution in [0.25, 0.3) is 0 Å². The molecule has 0 aliphatic heterocycles. The van der Waals surface area contributed by atoms with E-state index in [9.17, 15) is 4.79 Å². The maximum Gasteiger partial charge on any atom is 0.354 e. The zero-order chi connectivity index (χ0) is 10.0. The summed E-state index contributed by atoms with van der Waals surface area (Å²) in [5, 5.41) is 8.80. The van der Waals surface area contributed by atoms with Gasteiger partial charge in [-0.15, -0.1) is 0 Å². The predicted molar refractivity (Wildman–Crippen MR) is 47.5 cm³/mol. The summed E-state index contributed by atoms with van der Waals surface area (Å²) in [4.78, 5) is 18.4. The number of aryl methyl sites for hydroxylation is 1. The first-order chi connectivity index (χ1) is 6.06. The molecule has 1 aromatic rings. The Morgan fingerprint density at radius 2 is 2.15 bits per heavy atom. The maximum absolute atomic E-state index is 10.7. The van der Waals surface area contributed by atoms with Gasteiger partial charge in [0.25, 0.3) is 0 Å². The van der Waals surface area contributed by atoms with Gasteiger partial charge < -0.3 is 10.8 Å². The SMILES string of the molecule is CCc1c(N)nc(C)nc1C(=O)O. The number of aromatic carboxylic acids is 1. The molecule has 0 aromatic carbocycles. The van der Waals surface area contributed by atoms with Gasteiger partial charge in [0.15, 0.2) is 5.69 Å². The van der Waals surface area contributed by atoms with Crippen LogP contribution in [0, 0.1) is 6.92 Å². The van der Waals surface area contributed by atoms with E-state index in [0.29, 0.717) is 17.8 Å². The number of aromatic nitrogens is 2. The second-order valence-electron chi connectivity index (χ2n) is 2.64. The molecule has 3 N–H and O–H groups in total. The third-order valence-corrected chi connectivity index (χ3v) is 1.71. The Kier molecular flexibility index (Phi) is 2.46. The highest BCUT2D eigenvalue weighted by molar-refractivity contribution is 5.88. The Labute approximate surface area is 75.6 Å². The minimum absolute atomic E-state index is 0.00694. The minimum atomic E-state index is -1.06. The smallest absolute Gasteiger partial charge is 0.354 e. The Bertz CT molecular complexity index is 349. The molecule has 0 bridgehead atoms. The first-order valence-electron chi connectivity index (χ1n) is 3.92. The van der Waals surface area contributed by atoms with Crippen molar-refractivity contribution in [3.63, 3.8) is 0 Å². The molecular formula is C8H11N3O2. The van der Waals surface area contributed by atoms with Gasteiger partial charge >= 0.3 is 5.97 Å². The highest BCUT2D eigenvalue weighted by Crippen LogP contribution is 2.13. The van der Waals surface area contributed by atoms with Crippen molar-refractivity contribution >= 4 is 11.8 Å². The highest BCUT2D eigenvalue weighted by atomic mass is 16.4. The standard InChI is InChI=1S/C8H11N3O2/c1-3-5-6(8(12)13)10-4(2)11-7(5)9/h3H2,1-2H3,(H,12,13)(H2,9,10,11). The molecule has 0 aliphatic carbocycles. The first-order valence-corrected chi connectivity index (χ1v) is 3.92. The molecule has 5 nitrogen and oxygen atoms in total. The van der Waals surface area contributed by atoms with Crippen LogP contribution in [0.5, 0.6) is 0 Å². The molecule has 1 aromatic heterocycles. The van der Waals surface area contributed by atoms with E-state index >= 15 is 0 Å².